The minimum atomic E-state index is -0.780. The summed E-state index contributed by atoms with van der Waals surface area (Å²) in [7, 11) is 0. The highest BCUT2D eigenvalue weighted by Gasteiger charge is 2.14. The molecule has 0 bridgehead atoms. The molecule has 1 saturated heterocycles. The third-order valence-electron chi connectivity index (χ3n) is 1.80. The lowest BCUT2D eigenvalue weighted by Crippen LogP contribution is -2.30. The molecular formula is C7H13NO2. The SMILES string of the molecule is O=CC(O)CN1CCCC1. The van der Waals surface area contributed by atoms with E-state index in [4.69, 9.17) is 5.11 Å². The number of carbonyl (C=O) groups is 1. The van der Waals surface area contributed by atoms with Gasteiger partial charge in [-0.1, -0.05) is 0 Å². The molecule has 1 heterocycles. The zero-order valence-corrected chi connectivity index (χ0v) is 5.99. The summed E-state index contributed by atoms with van der Waals surface area (Å²) < 4.78 is 0. The lowest BCUT2D eigenvalue weighted by atomic mass is 10.4. The highest BCUT2D eigenvalue weighted by Crippen LogP contribution is 2.06. The highest BCUT2D eigenvalue weighted by molar-refractivity contribution is 5.55. The Balaban J connectivity index is 2.17. The fourth-order valence-corrected chi connectivity index (χ4v) is 1.27. The van der Waals surface area contributed by atoms with E-state index >= 15 is 0 Å². The normalized spacial score (nSPS) is 22.9. The number of likely N-dealkylation sites (tertiary alicyclic amines) is 1. The van der Waals surface area contributed by atoms with Gasteiger partial charge in [0.25, 0.3) is 0 Å². The summed E-state index contributed by atoms with van der Waals surface area (Å²) in [5.74, 6) is 0. The zero-order chi connectivity index (χ0) is 7.40. The fourth-order valence-electron chi connectivity index (χ4n) is 1.27. The van der Waals surface area contributed by atoms with Gasteiger partial charge in [0.05, 0.1) is 0 Å². The maximum absolute atomic E-state index is 10.0. The second-order valence-electron chi connectivity index (χ2n) is 2.71. The Bertz CT molecular complexity index is 110. The van der Waals surface area contributed by atoms with Crippen molar-refractivity contribution in [2.45, 2.75) is 18.9 Å². The van der Waals surface area contributed by atoms with Crippen LogP contribution in [0.5, 0.6) is 0 Å². The van der Waals surface area contributed by atoms with Crippen LogP contribution in [-0.4, -0.2) is 42.0 Å². The number of nitrogens with zero attached hydrogens (tertiary/aromatic N) is 1. The Kier molecular flexibility index (Phi) is 2.83. The Labute approximate surface area is 60.6 Å². The molecule has 1 fully saturated rings. The van der Waals surface area contributed by atoms with Gasteiger partial charge in [-0.15, -0.1) is 0 Å². The van der Waals surface area contributed by atoms with Crippen LogP contribution in [0.25, 0.3) is 0 Å². The number of aldehydes is 1. The molecule has 0 aromatic carbocycles. The predicted molar refractivity (Wildman–Crippen MR) is 37.7 cm³/mol. The molecule has 3 nitrogen and oxygen atoms in total. The summed E-state index contributed by atoms with van der Waals surface area (Å²) in [4.78, 5) is 12.1. The topological polar surface area (TPSA) is 40.5 Å². The maximum atomic E-state index is 10.0. The number of hydrogen-bond donors (Lipinski definition) is 1. The quantitative estimate of drug-likeness (QED) is 0.548. The molecule has 0 spiro atoms. The van der Waals surface area contributed by atoms with Crippen molar-refractivity contribution >= 4 is 6.29 Å². The molecule has 1 N–H and O–H groups in total. The molecule has 0 aliphatic carbocycles. The van der Waals surface area contributed by atoms with Crippen molar-refractivity contribution < 1.29 is 9.90 Å². The van der Waals surface area contributed by atoms with Crippen LogP contribution in [0, 0.1) is 0 Å². The molecule has 3 heteroatoms. The Morgan fingerprint density at radius 2 is 2.10 bits per heavy atom. The molecule has 10 heavy (non-hydrogen) atoms. The van der Waals surface area contributed by atoms with Gasteiger partial charge in [0.1, 0.15) is 12.4 Å². The summed E-state index contributed by atoms with van der Waals surface area (Å²) in [6.07, 6.45) is 2.22. The number of hydrogen-bond acceptors (Lipinski definition) is 3. The van der Waals surface area contributed by atoms with Gasteiger partial charge in [-0.3, -0.25) is 0 Å². The molecule has 0 aromatic rings. The van der Waals surface area contributed by atoms with Crippen LogP contribution < -0.4 is 0 Å². The van der Waals surface area contributed by atoms with Gasteiger partial charge in [-0.05, 0) is 25.9 Å². The van der Waals surface area contributed by atoms with Crippen molar-refractivity contribution in [3.8, 4) is 0 Å². The first-order valence-corrected chi connectivity index (χ1v) is 3.68. The summed E-state index contributed by atoms with van der Waals surface area (Å²) in [5, 5.41) is 8.91. The summed E-state index contributed by atoms with van der Waals surface area (Å²) in [6.45, 7) is 2.58. The van der Waals surface area contributed by atoms with E-state index in [9.17, 15) is 4.79 Å². The van der Waals surface area contributed by atoms with Crippen LogP contribution in [0.15, 0.2) is 0 Å². The molecule has 1 aliphatic heterocycles. The number of rotatable bonds is 3. The third-order valence-corrected chi connectivity index (χ3v) is 1.80. The van der Waals surface area contributed by atoms with E-state index in [2.05, 4.69) is 4.90 Å². The van der Waals surface area contributed by atoms with E-state index in [1.54, 1.807) is 0 Å². The van der Waals surface area contributed by atoms with Crippen LogP contribution in [-0.2, 0) is 4.79 Å². The van der Waals surface area contributed by atoms with Crippen molar-refractivity contribution in [1.82, 2.24) is 4.90 Å². The van der Waals surface area contributed by atoms with E-state index in [1.807, 2.05) is 0 Å². The molecule has 1 aliphatic rings. The number of aliphatic hydroxyl groups excluding tert-OH is 1. The maximum Gasteiger partial charge on any atom is 0.149 e. The Hall–Kier alpha value is -0.410. The van der Waals surface area contributed by atoms with Crippen molar-refractivity contribution in [2.24, 2.45) is 0 Å². The molecule has 1 rings (SSSR count). The van der Waals surface area contributed by atoms with Gasteiger partial charge in [0.2, 0.25) is 0 Å². The van der Waals surface area contributed by atoms with E-state index in [0.29, 0.717) is 12.8 Å². The van der Waals surface area contributed by atoms with Gasteiger partial charge in [-0.2, -0.15) is 0 Å². The summed E-state index contributed by atoms with van der Waals surface area (Å²) in [6, 6.07) is 0. The molecule has 0 amide bonds. The molecule has 1 unspecified atom stereocenters. The molecule has 58 valence electrons. The average Bonchev–Trinajstić information content (AvgIpc) is 2.40. The Morgan fingerprint density at radius 1 is 1.50 bits per heavy atom. The van der Waals surface area contributed by atoms with E-state index in [1.165, 1.54) is 12.8 Å². The van der Waals surface area contributed by atoms with Crippen LogP contribution in [0.2, 0.25) is 0 Å². The average molecular weight is 143 g/mol. The second kappa shape index (κ2) is 3.68. The number of β-amino-alcohol motifs (C(OH)–C–C–N with tert-alkyl or cyclic N) is 1. The number of carbonyl (C=O) groups excluding carboxylic acids is 1. The predicted octanol–water partition coefficient (Wildman–Crippen LogP) is -0.358. The zero-order valence-electron chi connectivity index (χ0n) is 5.99. The molecule has 0 radical (unpaired) electrons. The Morgan fingerprint density at radius 3 is 2.60 bits per heavy atom. The standard InChI is InChI=1S/C7H13NO2/c9-6-7(10)5-8-3-1-2-4-8/h6-7,10H,1-5H2. The molecular weight excluding hydrogens is 130 g/mol. The van der Waals surface area contributed by atoms with Crippen LogP contribution >= 0.6 is 0 Å². The summed E-state index contributed by atoms with van der Waals surface area (Å²) in [5.41, 5.74) is 0. The van der Waals surface area contributed by atoms with Gasteiger partial charge in [0.15, 0.2) is 0 Å². The van der Waals surface area contributed by atoms with Crippen LogP contribution in [0.1, 0.15) is 12.8 Å². The van der Waals surface area contributed by atoms with Crippen molar-refractivity contribution in [1.29, 1.82) is 0 Å². The van der Waals surface area contributed by atoms with E-state index < -0.39 is 6.10 Å². The highest BCUT2D eigenvalue weighted by atomic mass is 16.3. The van der Waals surface area contributed by atoms with Gasteiger partial charge in [-0.25, -0.2) is 0 Å². The van der Waals surface area contributed by atoms with Gasteiger partial charge >= 0.3 is 0 Å². The third kappa shape index (κ3) is 2.08. The fraction of sp³-hybridized carbons (Fsp3) is 0.857. The van der Waals surface area contributed by atoms with Crippen molar-refractivity contribution in [3.05, 3.63) is 0 Å². The first-order valence-electron chi connectivity index (χ1n) is 3.68. The first-order chi connectivity index (χ1) is 4.83. The van der Waals surface area contributed by atoms with Crippen LogP contribution in [0.4, 0.5) is 0 Å². The first kappa shape index (κ1) is 7.69. The number of aliphatic hydroxyl groups is 1. The van der Waals surface area contributed by atoms with Crippen molar-refractivity contribution in [3.63, 3.8) is 0 Å². The molecule has 1 atom stereocenters. The van der Waals surface area contributed by atoms with E-state index in [0.717, 1.165) is 13.1 Å². The van der Waals surface area contributed by atoms with Gasteiger partial charge in [0, 0.05) is 6.54 Å². The summed E-state index contributed by atoms with van der Waals surface area (Å²) >= 11 is 0. The molecule has 0 aromatic heterocycles. The minimum absolute atomic E-state index is 0.517. The van der Waals surface area contributed by atoms with E-state index in [-0.39, 0.29) is 0 Å². The lowest BCUT2D eigenvalue weighted by Gasteiger charge is -2.14. The monoisotopic (exact) mass is 143 g/mol. The van der Waals surface area contributed by atoms with Crippen molar-refractivity contribution in [2.75, 3.05) is 19.6 Å². The lowest BCUT2D eigenvalue weighted by molar-refractivity contribution is -0.115. The smallest absolute Gasteiger partial charge is 0.149 e. The second-order valence-corrected chi connectivity index (χ2v) is 2.71. The van der Waals surface area contributed by atoms with Gasteiger partial charge < -0.3 is 14.8 Å². The molecule has 0 saturated carbocycles. The minimum Gasteiger partial charge on any atom is -0.384 e. The largest absolute Gasteiger partial charge is 0.384 e. The van der Waals surface area contributed by atoms with Crippen LogP contribution in [0.3, 0.4) is 0 Å².